The van der Waals surface area contributed by atoms with Crippen molar-refractivity contribution < 1.29 is 13.2 Å². The van der Waals surface area contributed by atoms with E-state index < -0.39 is 17.5 Å². The first kappa shape index (κ1) is 11.6. The molecule has 1 aromatic heterocycles. The zero-order valence-corrected chi connectivity index (χ0v) is 9.69. The summed E-state index contributed by atoms with van der Waals surface area (Å²) >= 11 is 0. The minimum absolute atomic E-state index is 0.0168. The molecule has 1 heterocycles. The van der Waals surface area contributed by atoms with Crippen molar-refractivity contribution in [3.63, 3.8) is 0 Å². The Balaban J connectivity index is 2.39. The molecule has 1 atom stereocenters. The number of aromatic nitrogens is 1. The zero-order chi connectivity index (χ0) is 12.9. The van der Waals surface area contributed by atoms with Crippen LogP contribution in [0.3, 0.4) is 0 Å². The molecule has 0 amide bonds. The summed E-state index contributed by atoms with van der Waals surface area (Å²) in [7, 11) is 0. The minimum atomic E-state index is -1.17. The quantitative estimate of drug-likeness (QED) is 0.549. The fourth-order valence-corrected chi connectivity index (χ4v) is 2.76. The molecule has 3 rings (SSSR count). The number of fused-ring (bicyclic) bond motifs is 3. The molecule has 5 heteroatoms. The first-order chi connectivity index (χ1) is 8.59. The van der Waals surface area contributed by atoms with Crippen molar-refractivity contribution in [3.8, 4) is 0 Å². The maximum atomic E-state index is 13.9. The van der Waals surface area contributed by atoms with Gasteiger partial charge in [0.1, 0.15) is 5.82 Å². The number of H-pyrrole nitrogens is 1. The van der Waals surface area contributed by atoms with Crippen LogP contribution < -0.4 is 5.73 Å². The predicted octanol–water partition coefficient (Wildman–Crippen LogP) is 3.31. The molecule has 0 radical (unpaired) electrons. The summed E-state index contributed by atoms with van der Waals surface area (Å²) in [5.74, 6) is -2.95. The largest absolute Gasteiger partial charge is 0.356 e. The normalized spacial score (nSPS) is 19.9. The van der Waals surface area contributed by atoms with E-state index in [0.717, 1.165) is 18.5 Å². The molecule has 2 nitrogen and oxygen atoms in total. The highest BCUT2D eigenvalue weighted by atomic mass is 19.2. The van der Waals surface area contributed by atoms with Gasteiger partial charge in [0.15, 0.2) is 11.6 Å². The summed E-state index contributed by atoms with van der Waals surface area (Å²) in [5.41, 5.74) is 7.29. The zero-order valence-electron chi connectivity index (χ0n) is 9.69. The molecule has 3 N–H and O–H groups in total. The molecule has 1 unspecified atom stereocenters. The van der Waals surface area contributed by atoms with Crippen molar-refractivity contribution in [1.29, 1.82) is 0 Å². The van der Waals surface area contributed by atoms with Crippen molar-refractivity contribution in [1.82, 2.24) is 4.98 Å². The number of aromatic amines is 1. The third-order valence-corrected chi connectivity index (χ3v) is 3.60. The summed E-state index contributed by atoms with van der Waals surface area (Å²) in [6, 6.07) is 0.200. The van der Waals surface area contributed by atoms with Crippen LogP contribution in [0.5, 0.6) is 0 Å². The van der Waals surface area contributed by atoms with E-state index in [9.17, 15) is 13.2 Å². The summed E-state index contributed by atoms with van der Waals surface area (Å²) < 4.78 is 40.9. The van der Waals surface area contributed by atoms with Gasteiger partial charge in [0.05, 0.1) is 5.52 Å². The maximum Gasteiger partial charge on any atom is 0.168 e. The van der Waals surface area contributed by atoms with Crippen LogP contribution in [0, 0.1) is 17.5 Å². The Morgan fingerprint density at radius 2 is 1.94 bits per heavy atom. The number of aryl methyl sites for hydroxylation is 1. The predicted molar refractivity (Wildman–Crippen MR) is 62.7 cm³/mol. The average molecular weight is 254 g/mol. The van der Waals surface area contributed by atoms with Gasteiger partial charge < -0.3 is 10.7 Å². The van der Waals surface area contributed by atoms with Gasteiger partial charge in [-0.1, -0.05) is 6.42 Å². The third kappa shape index (κ3) is 1.54. The van der Waals surface area contributed by atoms with Crippen LogP contribution in [0.15, 0.2) is 6.07 Å². The lowest BCUT2D eigenvalue weighted by Crippen LogP contribution is -2.10. The molecule has 2 aromatic rings. The van der Waals surface area contributed by atoms with Crippen molar-refractivity contribution in [3.05, 3.63) is 34.8 Å². The molecule has 96 valence electrons. The first-order valence-corrected chi connectivity index (χ1v) is 6.03. The van der Waals surface area contributed by atoms with E-state index in [-0.39, 0.29) is 16.9 Å². The molecule has 1 aliphatic carbocycles. The number of nitrogens with one attached hydrogen (secondary N) is 1. The van der Waals surface area contributed by atoms with E-state index in [2.05, 4.69) is 4.98 Å². The molecule has 0 aliphatic heterocycles. The highest BCUT2D eigenvalue weighted by Gasteiger charge is 2.25. The van der Waals surface area contributed by atoms with Crippen LogP contribution in [0.2, 0.25) is 0 Å². The molecule has 0 saturated heterocycles. The van der Waals surface area contributed by atoms with E-state index in [0.29, 0.717) is 24.5 Å². The highest BCUT2D eigenvalue weighted by molar-refractivity contribution is 5.86. The molecular weight excluding hydrogens is 241 g/mol. The van der Waals surface area contributed by atoms with Crippen LogP contribution in [0.1, 0.15) is 36.6 Å². The minimum Gasteiger partial charge on any atom is -0.356 e. The average Bonchev–Trinajstić information content (AvgIpc) is 2.63. The summed E-state index contributed by atoms with van der Waals surface area (Å²) in [4.78, 5) is 2.86. The molecule has 18 heavy (non-hydrogen) atoms. The Labute approximate surface area is 102 Å². The second-order valence-electron chi connectivity index (χ2n) is 4.77. The number of nitrogens with two attached hydrogens (primary N) is 1. The van der Waals surface area contributed by atoms with E-state index in [4.69, 9.17) is 5.73 Å². The summed E-state index contributed by atoms with van der Waals surface area (Å²) in [5, 5.41) is -0.0168. The van der Waals surface area contributed by atoms with E-state index in [1.54, 1.807) is 0 Å². The summed E-state index contributed by atoms with van der Waals surface area (Å²) in [6.45, 7) is 0. The van der Waals surface area contributed by atoms with Crippen molar-refractivity contribution in [2.24, 2.45) is 5.73 Å². The molecule has 0 bridgehead atoms. The van der Waals surface area contributed by atoms with Gasteiger partial charge in [0, 0.05) is 28.8 Å². The number of halogens is 3. The number of benzene rings is 1. The van der Waals surface area contributed by atoms with Crippen LogP contribution >= 0.6 is 0 Å². The SMILES string of the molecule is NC1CCCCc2[nH]c3c(F)cc(F)c(F)c3c21. The molecule has 1 aromatic carbocycles. The Hall–Kier alpha value is -1.49. The Kier molecular flexibility index (Phi) is 2.59. The van der Waals surface area contributed by atoms with Gasteiger partial charge in [-0.15, -0.1) is 0 Å². The fraction of sp³-hybridized carbons (Fsp3) is 0.385. The van der Waals surface area contributed by atoms with Crippen LogP contribution in [0.25, 0.3) is 10.9 Å². The van der Waals surface area contributed by atoms with Gasteiger partial charge in [-0.05, 0) is 19.3 Å². The van der Waals surface area contributed by atoms with Gasteiger partial charge in [-0.3, -0.25) is 0 Å². The smallest absolute Gasteiger partial charge is 0.168 e. The third-order valence-electron chi connectivity index (χ3n) is 3.60. The molecule has 1 aliphatic rings. The lowest BCUT2D eigenvalue weighted by atomic mass is 10.0. The van der Waals surface area contributed by atoms with Crippen LogP contribution in [0.4, 0.5) is 13.2 Å². The number of hydrogen-bond donors (Lipinski definition) is 2. The summed E-state index contributed by atoms with van der Waals surface area (Å²) in [6.07, 6.45) is 3.25. The first-order valence-electron chi connectivity index (χ1n) is 6.03. The lowest BCUT2D eigenvalue weighted by molar-refractivity contribution is 0.504. The second-order valence-corrected chi connectivity index (χ2v) is 4.77. The lowest BCUT2D eigenvalue weighted by Gasteiger charge is -2.09. The van der Waals surface area contributed by atoms with Crippen molar-refractivity contribution in [2.75, 3.05) is 0 Å². The monoisotopic (exact) mass is 254 g/mol. The highest BCUT2D eigenvalue weighted by Crippen LogP contribution is 2.36. The molecule has 0 fully saturated rings. The van der Waals surface area contributed by atoms with Crippen molar-refractivity contribution >= 4 is 10.9 Å². The van der Waals surface area contributed by atoms with Gasteiger partial charge >= 0.3 is 0 Å². The Morgan fingerprint density at radius 1 is 1.17 bits per heavy atom. The van der Waals surface area contributed by atoms with Gasteiger partial charge in [-0.2, -0.15) is 0 Å². The number of hydrogen-bond acceptors (Lipinski definition) is 1. The van der Waals surface area contributed by atoms with Crippen LogP contribution in [-0.2, 0) is 6.42 Å². The van der Waals surface area contributed by atoms with E-state index in [1.165, 1.54) is 0 Å². The topological polar surface area (TPSA) is 41.8 Å². The van der Waals surface area contributed by atoms with Crippen molar-refractivity contribution in [2.45, 2.75) is 31.7 Å². The van der Waals surface area contributed by atoms with Gasteiger partial charge in [0.2, 0.25) is 0 Å². The second kappa shape index (κ2) is 4.02. The maximum absolute atomic E-state index is 13.9. The van der Waals surface area contributed by atoms with E-state index >= 15 is 0 Å². The molecule has 0 saturated carbocycles. The fourth-order valence-electron chi connectivity index (χ4n) is 2.76. The van der Waals surface area contributed by atoms with Crippen LogP contribution in [-0.4, -0.2) is 4.98 Å². The number of rotatable bonds is 0. The standard InChI is InChI=1S/C13H13F3N2/c14-6-5-7(15)13-11(12(6)16)10-8(17)3-1-2-4-9(10)18-13/h5,8,18H,1-4,17H2. The molecular formula is C13H13F3N2. The molecule has 0 spiro atoms. The Bertz CT molecular complexity index is 618. The van der Waals surface area contributed by atoms with Gasteiger partial charge in [0.25, 0.3) is 0 Å². The van der Waals surface area contributed by atoms with E-state index in [1.807, 2.05) is 0 Å². The van der Waals surface area contributed by atoms with Gasteiger partial charge in [-0.25, -0.2) is 13.2 Å². The Morgan fingerprint density at radius 3 is 2.72 bits per heavy atom.